The smallest absolute Gasteiger partial charge is 0.274 e. The zero-order valence-electron chi connectivity index (χ0n) is 11.6. The topological polar surface area (TPSA) is 69.0 Å². The van der Waals surface area contributed by atoms with Crippen molar-refractivity contribution in [1.82, 2.24) is 20.2 Å². The van der Waals surface area contributed by atoms with Gasteiger partial charge < -0.3 is 0 Å². The van der Waals surface area contributed by atoms with Crippen LogP contribution in [0.1, 0.15) is 42.9 Å². The van der Waals surface area contributed by atoms with Crippen molar-refractivity contribution in [1.29, 1.82) is 0 Å². The van der Waals surface area contributed by atoms with Crippen molar-refractivity contribution >= 4 is 16.9 Å². The van der Waals surface area contributed by atoms with Gasteiger partial charge in [0.15, 0.2) is 5.65 Å². The summed E-state index contributed by atoms with van der Waals surface area (Å²) in [6.45, 7) is 8.13. The molecule has 6 nitrogen and oxygen atoms in total. The van der Waals surface area contributed by atoms with Gasteiger partial charge in [0.1, 0.15) is 0 Å². The normalized spacial score (nSPS) is 11.2. The van der Waals surface area contributed by atoms with Crippen molar-refractivity contribution in [2.75, 3.05) is 6.61 Å². The molecule has 2 rings (SSSR count). The Bertz CT molecular complexity index is 604. The largest absolute Gasteiger partial charge is 0.275 e. The first kappa shape index (κ1) is 13.5. The summed E-state index contributed by atoms with van der Waals surface area (Å²) in [4.78, 5) is 21.5. The van der Waals surface area contributed by atoms with Crippen molar-refractivity contribution in [3.05, 3.63) is 23.5 Å². The number of hydrogen-bond donors (Lipinski definition) is 1. The van der Waals surface area contributed by atoms with E-state index in [0.717, 1.165) is 16.7 Å². The number of rotatable bonds is 4. The second-order valence-corrected chi connectivity index (χ2v) is 4.60. The maximum absolute atomic E-state index is 12.0. The van der Waals surface area contributed by atoms with E-state index in [2.05, 4.69) is 15.6 Å². The van der Waals surface area contributed by atoms with Crippen LogP contribution in [0.3, 0.4) is 0 Å². The Labute approximate surface area is 111 Å². The van der Waals surface area contributed by atoms with E-state index < -0.39 is 0 Å². The molecule has 0 aromatic carbocycles. The number of nitrogens with one attached hydrogen (secondary N) is 1. The fourth-order valence-electron chi connectivity index (χ4n) is 1.90. The van der Waals surface area contributed by atoms with Crippen LogP contribution in [0.4, 0.5) is 0 Å². The van der Waals surface area contributed by atoms with Gasteiger partial charge in [-0.2, -0.15) is 5.10 Å². The lowest BCUT2D eigenvalue weighted by Gasteiger charge is -2.09. The third-order valence-electron chi connectivity index (χ3n) is 2.74. The number of hydroxylamine groups is 1. The van der Waals surface area contributed by atoms with Crippen LogP contribution in [0.25, 0.3) is 11.0 Å². The number of carbonyl (C=O) groups excluding carboxylic acids is 1. The zero-order chi connectivity index (χ0) is 14.0. The molecule has 1 amide bonds. The van der Waals surface area contributed by atoms with E-state index in [1.807, 2.05) is 27.7 Å². The molecule has 2 heterocycles. The van der Waals surface area contributed by atoms with Gasteiger partial charge >= 0.3 is 0 Å². The number of amides is 1. The lowest BCUT2D eigenvalue weighted by Crippen LogP contribution is -2.24. The fraction of sp³-hybridized carbons (Fsp3) is 0.462. The summed E-state index contributed by atoms with van der Waals surface area (Å²) in [6.07, 6.45) is 1.67. The SMILES string of the molecule is CCONC(=O)c1cc(C)nc2c1cnn2C(C)C. The molecule has 0 aliphatic carbocycles. The first-order valence-corrected chi connectivity index (χ1v) is 6.31. The average Bonchev–Trinajstić information content (AvgIpc) is 2.78. The second-order valence-electron chi connectivity index (χ2n) is 4.60. The quantitative estimate of drug-likeness (QED) is 0.856. The van der Waals surface area contributed by atoms with E-state index in [1.165, 1.54) is 0 Å². The van der Waals surface area contributed by atoms with Crippen LogP contribution < -0.4 is 5.48 Å². The number of nitrogens with zero attached hydrogens (tertiary/aromatic N) is 3. The molecule has 2 aromatic rings. The van der Waals surface area contributed by atoms with Gasteiger partial charge in [-0.1, -0.05) is 0 Å². The van der Waals surface area contributed by atoms with Gasteiger partial charge in [0.25, 0.3) is 5.91 Å². The molecule has 0 spiro atoms. The maximum atomic E-state index is 12.0. The number of aromatic nitrogens is 3. The van der Waals surface area contributed by atoms with Gasteiger partial charge in [-0.05, 0) is 33.8 Å². The highest BCUT2D eigenvalue weighted by Gasteiger charge is 2.16. The first-order valence-electron chi connectivity index (χ1n) is 6.31. The third-order valence-corrected chi connectivity index (χ3v) is 2.74. The molecule has 0 aliphatic heterocycles. The fourth-order valence-corrected chi connectivity index (χ4v) is 1.90. The van der Waals surface area contributed by atoms with Gasteiger partial charge in [-0.25, -0.2) is 15.1 Å². The minimum absolute atomic E-state index is 0.189. The molecule has 102 valence electrons. The minimum atomic E-state index is -0.277. The van der Waals surface area contributed by atoms with Gasteiger partial charge in [0, 0.05) is 11.7 Å². The van der Waals surface area contributed by atoms with Crippen molar-refractivity contribution in [3.8, 4) is 0 Å². The van der Waals surface area contributed by atoms with E-state index >= 15 is 0 Å². The highest BCUT2D eigenvalue weighted by Crippen LogP contribution is 2.20. The molecule has 0 fully saturated rings. The van der Waals surface area contributed by atoms with Crippen LogP contribution >= 0.6 is 0 Å². The molecule has 0 unspecified atom stereocenters. The molecule has 1 N–H and O–H groups in total. The number of fused-ring (bicyclic) bond motifs is 1. The molecular formula is C13H18N4O2. The minimum Gasteiger partial charge on any atom is -0.274 e. The zero-order valence-corrected chi connectivity index (χ0v) is 11.6. The van der Waals surface area contributed by atoms with Crippen LogP contribution in [-0.4, -0.2) is 27.3 Å². The number of aryl methyl sites for hydroxylation is 1. The van der Waals surface area contributed by atoms with E-state index in [9.17, 15) is 4.79 Å². The predicted molar refractivity (Wildman–Crippen MR) is 71.7 cm³/mol. The van der Waals surface area contributed by atoms with E-state index in [4.69, 9.17) is 4.84 Å². The lowest BCUT2D eigenvalue weighted by atomic mass is 10.1. The van der Waals surface area contributed by atoms with Crippen molar-refractivity contribution in [2.45, 2.75) is 33.7 Å². The van der Waals surface area contributed by atoms with Crippen molar-refractivity contribution in [3.63, 3.8) is 0 Å². The Balaban J connectivity index is 2.52. The van der Waals surface area contributed by atoms with Crippen LogP contribution in [0.15, 0.2) is 12.3 Å². The van der Waals surface area contributed by atoms with Crippen LogP contribution in [0, 0.1) is 6.92 Å². The van der Waals surface area contributed by atoms with E-state index in [-0.39, 0.29) is 11.9 Å². The van der Waals surface area contributed by atoms with Crippen molar-refractivity contribution < 1.29 is 9.63 Å². The molecule has 0 radical (unpaired) electrons. The number of hydrogen-bond acceptors (Lipinski definition) is 4. The third kappa shape index (κ3) is 2.58. The summed E-state index contributed by atoms with van der Waals surface area (Å²) in [6, 6.07) is 1.93. The molecule has 0 saturated heterocycles. The Morgan fingerprint density at radius 3 is 2.89 bits per heavy atom. The lowest BCUT2D eigenvalue weighted by molar-refractivity contribution is 0.0366. The molecule has 0 bridgehead atoms. The van der Waals surface area contributed by atoms with E-state index in [1.54, 1.807) is 16.9 Å². The standard InChI is InChI=1S/C13H18N4O2/c1-5-19-16-13(18)10-6-9(4)15-12-11(10)7-14-17(12)8(2)3/h6-8H,5H2,1-4H3,(H,16,18). The molecule has 0 atom stereocenters. The molecule has 2 aromatic heterocycles. The van der Waals surface area contributed by atoms with Crippen LogP contribution in [-0.2, 0) is 4.84 Å². The summed E-state index contributed by atoms with van der Waals surface area (Å²) in [5.41, 5.74) is 4.43. The van der Waals surface area contributed by atoms with Crippen LogP contribution in [0.2, 0.25) is 0 Å². The summed E-state index contributed by atoms with van der Waals surface area (Å²) >= 11 is 0. The molecule has 0 aliphatic rings. The second kappa shape index (κ2) is 5.36. The van der Waals surface area contributed by atoms with E-state index in [0.29, 0.717) is 12.2 Å². The molecule has 6 heteroatoms. The monoisotopic (exact) mass is 262 g/mol. The highest BCUT2D eigenvalue weighted by atomic mass is 16.6. The Morgan fingerprint density at radius 2 is 2.26 bits per heavy atom. The highest BCUT2D eigenvalue weighted by molar-refractivity contribution is 6.05. The molecule has 19 heavy (non-hydrogen) atoms. The summed E-state index contributed by atoms with van der Waals surface area (Å²) < 4.78 is 1.81. The summed E-state index contributed by atoms with van der Waals surface area (Å²) in [5, 5.41) is 5.03. The number of carbonyl (C=O) groups is 1. The van der Waals surface area contributed by atoms with Gasteiger partial charge in [-0.3, -0.25) is 9.63 Å². The van der Waals surface area contributed by atoms with Gasteiger partial charge in [0.05, 0.1) is 23.8 Å². The maximum Gasteiger partial charge on any atom is 0.275 e. The number of pyridine rings is 1. The Hall–Kier alpha value is -1.95. The molecular weight excluding hydrogens is 244 g/mol. The average molecular weight is 262 g/mol. The first-order chi connectivity index (χ1) is 9.04. The van der Waals surface area contributed by atoms with Crippen molar-refractivity contribution in [2.24, 2.45) is 0 Å². The Morgan fingerprint density at radius 1 is 1.53 bits per heavy atom. The molecule has 0 saturated carbocycles. The van der Waals surface area contributed by atoms with Gasteiger partial charge in [0.2, 0.25) is 0 Å². The predicted octanol–water partition coefficient (Wildman–Crippen LogP) is 2.00. The Kier molecular flexibility index (Phi) is 3.80. The van der Waals surface area contributed by atoms with Crippen LogP contribution in [0.5, 0.6) is 0 Å². The van der Waals surface area contributed by atoms with Gasteiger partial charge in [-0.15, -0.1) is 0 Å². The summed E-state index contributed by atoms with van der Waals surface area (Å²) in [5.74, 6) is -0.277. The summed E-state index contributed by atoms with van der Waals surface area (Å²) in [7, 11) is 0.